The van der Waals surface area contributed by atoms with Gasteiger partial charge in [0.1, 0.15) is 5.69 Å². The summed E-state index contributed by atoms with van der Waals surface area (Å²) in [5, 5.41) is 0.919. The number of fused-ring (bicyclic) bond motifs is 1. The predicted octanol–water partition coefficient (Wildman–Crippen LogP) is 3.36. The van der Waals surface area contributed by atoms with Gasteiger partial charge in [0.25, 0.3) is 11.8 Å². The molecule has 1 atom stereocenters. The zero-order valence-electron chi connectivity index (χ0n) is 18.8. The van der Waals surface area contributed by atoms with Crippen molar-refractivity contribution < 1.29 is 13.8 Å². The minimum Gasteiger partial charge on any atom is -0.335 e. The number of carbonyl (C=O) groups is 2. The molecule has 1 aliphatic heterocycles. The minimum absolute atomic E-state index is 0.0964. The van der Waals surface area contributed by atoms with Crippen LogP contribution in [-0.4, -0.2) is 62.0 Å². The van der Waals surface area contributed by atoms with Gasteiger partial charge in [0.15, 0.2) is 11.0 Å². The van der Waals surface area contributed by atoms with Gasteiger partial charge in [0, 0.05) is 55.2 Å². The molecule has 4 aromatic rings. The Hall–Kier alpha value is -4.11. The molecule has 0 radical (unpaired) electrons. The Morgan fingerprint density at radius 1 is 0.743 bits per heavy atom. The molecule has 1 aliphatic rings. The van der Waals surface area contributed by atoms with Crippen LogP contribution in [0.4, 0.5) is 5.69 Å². The first-order valence-electron chi connectivity index (χ1n) is 11.2. The van der Waals surface area contributed by atoms with E-state index in [4.69, 9.17) is 0 Å². The van der Waals surface area contributed by atoms with Gasteiger partial charge in [-0.15, -0.1) is 0 Å². The van der Waals surface area contributed by atoms with E-state index in [1.165, 1.54) is 0 Å². The SMILES string of the molecule is O=C(c1ccc(NS(=O)c2cccc3cccnc23)cc1)N1CCN(C(=O)c2ccccn2)CC1. The van der Waals surface area contributed by atoms with Crippen LogP contribution in [0.1, 0.15) is 20.8 Å². The molecular formula is C26H23N5O3S. The summed E-state index contributed by atoms with van der Waals surface area (Å²) in [4.78, 5) is 38.1. The van der Waals surface area contributed by atoms with Gasteiger partial charge in [-0.2, -0.15) is 0 Å². The molecule has 0 spiro atoms. The maximum absolute atomic E-state index is 13.0. The lowest BCUT2D eigenvalue weighted by Crippen LogP contribution is -2.50. The number of amides is 2. The van der Waals surface area contributed by atoms with E-state index in [-0.39, 0.29) is 11.8 Å². The second-order valence-electron chi connectivity index (χ2n) is 8.08. The van der Waals surface area contributed by atoms with E-state index in [1.807, 2.05) is 24.3 Å². The highest BCUT2D eigenvalue weighted by molar-refractivity contribution is 7.86. The first-order chi connectivity index (χ1) is 17.1. The lowest BCUT2D eigenvalue weighted by atomic mass is 10.1. The van der Waals surface area contributed by atoms with Crippen molar-refractivity contribution in [3.8, 4) is 0 Å². The number of pyridine rings is 2. The average molecular weight is 486 g/mol. The largest absolute Gasteiger partial charge is 0.335 e. The normalized spacial score (nSPS) is 14.5. The molecule has 0 aliphatic carbocycles. The van der Waals surface area contributed by atoms with Gasteiger partial charge in [-0.05, 0) is 48.5 Å². The van der Waals surface area contributed by atoms with Crippen molar-refractivity contribution in [1.82, 2.24) is 19.8 Å². The van der Waals surface area contributed by atoms with Gasteiger partial charge >= 0.3 is 0 Å². The zero-order chi connectivity index (χ0) is 24.2. The highest BCUT2D eigenvalue weighted by Gasteiger charge is 2.26. The van der Waals surface area contributed by atoms with Crippen molar-refractivity contribution in [2.24, 2.45) is 0 Å². The van der Waals surface area contributed by atoms with E-state index in [0.717, 1.165) is 5.39 Å². The third-order valence-electron chi connectivity index (χ3n) is 5.88. The Labute approximate surface area is 205 Å². The van der Waals surface area contributed by atoms with E-state index in [0.29, 0.717) is 53.5 Å². The summed E-state index contributed by atoms with van der Waals surface area (Å²) in [6.45, 7) is 1.82. The van der Waals surface area contributed by atoms with Crippen molar-refractivity contribution in [3.63, 3.8) is 0 Å². The smallest absolute Gasteiger partial charge is 0.272 e. The summed E-state index contributed by atoms with van der Waals surface area (Å²) in [5.74, 6) is -0.219. The van der Waals surface area contributed by atoms with Gasteiger partial charge in [0.2, 0.25) is 0 Å². The lowest BCUT2D eigenvalue weighted by Gasteiger charge is -2.34. The van der Waals surface area contributed by atoms with E-state index < -0.39 is 11.0 Å². The Kier molecular flexibility index (Phi) is 6.49. The van der Waals surface area contributed by atoms with Crippen LogP contribution < -0.4 is 4.72 Å². The molecule has 0 saturated carbocycles. The molecule has 176 valence electrons. The van der Waals surface area contributed by atoms with Crippen LogP contribution in [0, 0.1) is 0 Å². The molecule has 1 unspecified atom stereocenters. The number of piperazine rings is 1. The summed E-state index contributed by atoms with van der Waals surface area (Å²) in [7, 11) is -1.51. The highest BCUT2D eigenvalue weighted by Crippen LogP contribution is 2.21. The monoisotopic (exact) mass is 485 g/mol. The molecule has 1 N–H and O–H groups in total. The van der Waals surface area contributed by atoms with E-state index in [9.17, 15) is 13.8 Å². The quantitative estimate of drug-likeness (QED) is 0.468. The average Bonchev–Trinajstić information content (AvgIpc) is 2.93. The third kappa shape index (κ3) is 4.90. The topological polar surface area (TPSA) is 95.5 Å². The van der Waals surface area contributed by atoms with Crippen molar-refractivity contribution in [1.29, 1.82) is 0 Å². The number of nitrogens with one attached hydrogen (secondary N) is 1. The van der Waals surface area contributed by atoms with Crippen molar-refractivity contribution >= 4 is 39.4 Å². The van der Waals surface area contributed by atoms with E-state index in [1.54, 1.807) is 70.7 Å². The van der Waals surface area contributed by atoms with Gasteiger partial charge in [0.05, 0.1) is 10.4 Å². The first-order valence-corrected chi connectivity index (χ1v) is 12.4. The number of aromatic nitrogens is 2. The molecule has 1 fully saturated rings. The number of para-hydroxylation sites is 1. The standard InChI is InChI=1S/C26H23N5O3S/c32-25(30-15-17-31(18-16-30)26(33)22-7-1-2-13-27-22)20-9-11-21(12-10-20)29-35(34)23-8-3-5-19-6-4-14-28-24(19)23/h1-14,29H,15-18H2. The minimum atomic E-state index is -1.51. The van der Waals surface area contributed by atoms with E-state index in [2.05, 4.69) is 14.7 Å². The number of carbonyl (C=O) groups excluding carboxylic acids is 2. The zero-order valence-corrected chi connectivity index (χ0v) is 19.6. The lowest BCUT2D eigenvalue weighted by molar-refractivity contribution is 0.0532. The summed E-state index contributed by atoms with van der Waals surface area (Å²) < 4.78 is 15.9. The highest BCUT2D eigenvalue weighted by atomic mass is 32.2. The predicted molar refractivity (Wildman–Crippen MR) is 134 cm³/mol. The van der Waals surface area contributed by atoms with Crippen LogP contribution in [0.2, 0.25) is 0 Å². The molecule has 5 rings (SSSR count). The Balaban J connectivity index is 1.20. The molecule has 0 bridgehead atoms. The van der Waals surface area contributed by atoms with Gasteiger partial charge < -0.3 is 14.5 Å². The van der Waals surface area contributed by atoms with Crippen LogP contribution in [0.15, 0.2) is 90.1 Å². The molecular weight excluding hydrogens is 462 g/mol. The number of hydrogen-bond donors (Lipinski definition) is 1. The second kappa shape index (κ2) is 10.0. The molecule has 9 heteroatoms. The summed E-state index contributed by atoms with van der Waals surface area (Å²) in [5.41, 5.74) is 2.27. The van der Waals surface area contributed by atoms with Gasteiger partial charge in [-0.1, -0.05) is 24.3 Å². The molecule has 8 nitrogen and oxygen atoms in total. The van der Waals surface area contributed by atoms with Crippen molar-refractivity contribution in [2.75, 3.05) is 30.9 Å². The van der Waals surface area contributed by atoms with Gasteiger partial charge in [-0.25, -0.2) is 4.21 Å². The van der Waals surface area contributed by atoms with Crippen LogP contribution in [-0.2, 0) is 11.0 Å². The fraction of sp³-hybridized carbons (Fsp3) is 0.154. The number of nitrogens with zero attached hydrogens (tertiary/aromatic N) is 4. The Morgan fingerprint density at radius 2 is 1.43 bits per heavy atom. The van der Waals surface area contributed by atoms with E-state index >= 15 is 0 Å². The molecule has 1 saturated heterocycles. The Bertz CT molecular complexity index is 1380. The third-order valence-corrected chi connectivity index (χ3v) is 7.03. The number of hydrogen-bond acceptors (Lipinski definition) is 5. The van der Waals surface area contributed by atoms with Gasteiger partial charge in [-0.3, -0.25) is 19.6 Å². The van der Waals surface area contributed by atoms with Crippen LogP contribution in [0.5, 0.6) is 0 Å². The van der Waals surface area contributed by atoms with Crippen LogP contribution in [0.3, 0.4) is 0 Å². The molecule has 2 aromatic heterocycles. The maximum Gasteiger partial charge on any atom is 0.272 e. The van der Waals surface area contributed by atoms with Crippen LogP contribution in [0.25, 0.3) is 10.9 Å². The number of rotatable bonds is 5. The summed E-state index contributed by atoms with van der Waals surface area (Å²) in [6, 6.07) is 21.5. The number of anilines is 1. The van der Waals surface area contributed by atoms with Crippen molar-refractivity contribution in [3.05, 3.63) is 96.4 Å². The molecule has 2 aromatic carbocycles. The molecule has 35 heavy (non-hydrogen) atoms. The summed E-state index contributed by atoms with van der Waals surface area (Å²) >= 11 is 0. The fourth-order valence-corrected chi connectivity index (χ4v) is 5.02. The Morgan fingerprint density at radius 3 is 2.14 bits per heavy atom. The molecule has 2 amide bonds. The summed E-state index contributed by atoms with van der Waals surface area (Å²) in [6.07, 6.45) is 3.28. The maximum atomic E-state index is 13.0. The number of benzene rings is 2. The molecule has 3 heterocycles. The fourth-order valence-electron chi connectivity index (χ4n) is 4.02. The van der Waals surface area contributed by atoms with Crippen LogP contribution >= 0.6 is 0 Å². The van der Waals surface area contributed by atoms with Crippen molar-refractivity contribution in [2.45, 2.75) is 4.90 Å². The first kappa shape index (κ1) is 22.7. The second-order valence-corrected chi connectivity index (χ2v) is 9.26.